The van der Waals surface area contributed by atoms with Crippen LogP contribution < -0.4 is 16.0 Å². The molecule has 0 aromatic heterocycles. The number of anilines is 1. The summed E-state index contributed by atoms with van der Waals surface area (Å²) in [5, 5.41) is 8.65. The number of carbonyl (C=O) groups excluding carboxylic acids is 2. The molecule has 2 aromatic carbocycles. The summed E-state index contributed by atoms with van der Waals surface area (Å²) >= 11 is 7.32. The number of unbranched alkanes of at least 4 members (excludes halogenated alkanes) is 1. The van der Waals surface area contributed by atoms with E-state index in [4.69, 9.17) is 12.2 Å². The van der Waals surface area contributed by atoms with Crippen molar-refractivity contribution in [2.45, 2.75) is 19.8 Å². The Morgan fingerprint density at radius 1 is 1.04 bits per heavy atom. The van der Waals surface area contributed by atoms with Crippen molar-refractivity contribution in [1.29, 1.82) is 0 Å². The lowest BCUT2D eigenvalue weighted by molar-refractivity contribution is 0.0950. The molecular weight excluding hydrogens is 461 g/mol. The summed E-state index contributed by atoms with van der Waals surface area (Å²) in [5.74, 6) is -0.368. The summed E-state index contributed by atoms with van der Waals surface area (Å²) in [5.41, 5.74) is 1.82. The van der Waals surface area contributed by atoms with Crippen LogP contribution in [0.2, 0.25) is 0 Å². The van der Waals surface area contributed by atoms with Crippen LogP contribution in [-0.4, -0.2) is 23.5 Å². The maximum atomic E-state index is 12.2. The van der Waals surface area contributed by atoms with E-state index in [1.807, 2.05) is 12.1 Å². The third kappa shape index (κ3) is 6.38. The second-order valence-electron chi connectivity index (χ2n) is 5.61. The standard InChI is InChI=1S/C19H20IN3O2S/c1-2-3-11-21-17(24)13-7-9-16(10-8-13)22-19(26)23-18(25)14-5-4-6-15(20)12-14/h4-10,12H,2-3,11H2,1H3,(H,21,24)(H2,22,23,25,26). The number of benzene rings is 2. The van der Waals surface area contributed by atoms with E-state index in [0.717, 1.165) is 16.4 Å². The van der Waals surface area contributed by atoms with Gasteiger partial charge in [0.2, 0.25) is 0 Å². The van der Waals surface area contributed by atoms with Crippen LogP contribution in [0.15, 0.2) is 48.5 Å². The number of hydrogen-bond donors (Lipinski definition) is 3. The second kappa shape index (κ2) is 10.2. The Kier molecular flexibility index (Phi) is 7.99. The molecule has 5 nitrogen and oxygen atoms in total. The molecule has 0 saturated heterocycles. The molecule has 0 saturated carbocycles. The van der Waals surface area contributed by atoms with Crippen molar-refractivity contribution < 1.29 is 9.59 Å². The molecule has 0 aliphatic heterocycles. The van der Waals surface area contributed by atoms with Crippen LogP contribution >= 0.6 is 34.8 Å². The first kappa shape index (κ1) is 20.3. The molecule has 0 heterocycles. The van der Waals surface area contributed by atoms with Gasteiger partial charge >= 0.3 is 0 Å². The molecule has 136 valence electrons. The molecule has 0 spiro atoms. The summed E-state index contributed by atoms with van der Waals surface area (Å²) < 4.78 is 0.974. The van der Waals surface area contributed by atoms with Crippen molar-refractivity contribution in [3.63, 3.8) is 0 Å². The number of thiocarbonyl (C=S) groups is 1. The predicted molar refractivity (Wildman–Crippen MR) is 117 cm³/mol. The van der Waals surface area contributed by atoms with Crippen molar-refractivity contribution in [1.82, 2.24) is 10.6 Å². The monoisotopic (exact) mass is 481 g/mol. The molecule has 0 radical (unpaired) electrons. The van der Waals surface area contributed by atoms with Crippen LogP contribution in [0.3, 0.4) is 0 Å². The van der Waals surface area contributed by atoms with Crippen molar-refractivity contribution in [3.05, 3.63) is 63.2 Å². The third-order valence-electron chi connectivity index (χ3n) is 3.53. The molecule has 2 aromatic rings. The number of hydrogen-bond acceptors (Lipinski definition) is 3. The first-order chi connectivity index (χ1) is 12.5. The van der Waals surface area contributed by atoms with Gasteiger partial charge in [-0.25, -0.2) is 0 Å². The van der Waals surface area contributed by atoms with E-state index in [2.05, 4.69) is 45.5 Å². The zero-order valence-electron chi connectivity index (χ0n) is 14.3. The van der Waals surface area contributed by atoms with Crippen LogP contribution in [0.25, 0.3) is 0 Å². The van der Waals surface area contributed by atoms with Gasteiger partial charge in [-0.1, -0.05) is 19.4 Å². The molecular formula is C19H20IN3O2S. The maximum Gasteiger partial charge on any atom is 0.257 e. The number of carbonyl (C=O) groups is 2. The van der Waals surface area contributed by atoms with E-state index >= 15 is 0 Å². The highest BCUT2D eigenvalue weighted by molar-refractivity contribution is 14.1. The second-order valence-corrected chi connectivity index (χ2v) is 7.26. The molecule has 26 heavy (non-hydrogen) atoms. The Morgan fingerprint density at radius 3 is 2.42 bits per heavy atom. The van der Waals surface area contributed by atoms with Gasteiger partial charge in [0.05, 0.1) is 0 Å². The van der Waals surface area contributed by atoms with E-state index in [0.29, 0.717) is 23.4 Å². The molecule has 0 atom stereocenters. The van der Waals surface area contributed by atoms with E-state index in [1.165, 1.54) is 0 Å². The molecule has 2 rings (SSSR count). The fourth-order valence-electron chi connectivity index (χ4n) is 2.15. The smallest absolute Gasteiger partial charge is 0.257 e. The lowest BCUT2D eigenvalue weighted by Gasteiger charge is -2.10. The van der Waals surface area contributed by atoms with Crippen LogP contribution in [0, 0.1) is 3.57 Å². The summed E-state index contributed by atoms with van der Waals surface area (Å²) in [4.78, 5) is 24.1. The van der Waals surface area contributed by atoms with E-state index < -0.39 is 0 Å². The lowest BCUT2D eigenvalue weighted by Crippen LogP contribution is -2.34. The van der Waals surface area contributed by atoms with Crippen LogP contribution in [0.1, 0.15) is 40.5 Å². The van der Waals surface area contributed by atoms with Gasteiger partial charge in [0, 0.05) is 26.9 Å². The van der Waals surface area contributed by atoms with Gasteiger partial charge in [-0.05, 0) is 83.7 Å². The third-order valence-corrected chi connectivity index (χ3v) is 4.41. The van der Waals surface area contributed by atoms with Gasteiger partial charge in [0.25, 0.3) is 11.8 Å². The summed E-state index contributed by atoms with van der Waals surface area (Å²) in [7, 11) is 0. The van der Waals surface area contributed by atoms with Crippen molar-refractivity contribution >= 4 is 57.4 Å². The number of nitrogens with one attached hydrogen (secondary N) is 3. The molecule has 0 unspecified atom stereocenters. The van der Waals surface area contributed by atoms with Crippen molar-refractivity contribution in [2.75, 3.05) is 11.9 Å². The minimum Gasteiger partial charge on any atom is -0.352 e. The predicted octanol–water partition coefficient (Wildman–Crippen LogP) is 3.95. The summed E-state index contributed by atoms with van der Waals surface area (Å²) in [6, 6.07) is 14.2. The largest absolute Gasteiger partial charge is 0.352 e. The van der Waals surface area contributed by atoms with Crippen molar-refractivity contribution in [2.24, 2.45) is 0 Å². The fraction of sp³-hybridized carbons (Fsp3) is 0.211. The molecule has 3 N–H and O–H groups in total. The Labute approximate surface area is 172 Å². The van der Waals surface area contributed by atoms with Gasteiger partial charge in [-0.15, -0.1) is 0 Å². The lowest BCUT2D eigenvalue weighted by atomic mass is 10.2. The average Bonchev–Trinajstić information content (AvgIpc) is 2.62. The van der Waals surface area contributed by atoms with Gasteiger partial charge in [0.1, 0.15) is 0 Å². The van der Waals surface area contributed by atoms with Gasteiger partial charge in [-0.2, -0.15) is 0 Å². The summed E-state index contributed by atoms with van der Waals surface area (Å²) in [6.45, 7) is 2.75. The molecule has 0 aliphatic rings. The Morgan fingerprint density at radius 2 is 1.77 bits per heavy atom. The number of halogens is 1. The molecule has 0 aliphatic carbocycles. The Hall–Kier alpha value is -2.00. The highest BCUT2D eigenvalue weighted by Crippen LogP contribution is 2.10. The number of amides is 2. The fourth-order valence-corrected chi connectivity index (χ4v) is 2.91. The van der Waals surface area contributed by atoms with Crippen molar-refractivity contribution in [3.8, 4) is 0 Å². The quantitative estimate of drug-likeness (QED) is 0.332. The zero-order chi connectivity index (χ0) is 18.9. The highest BCUT2D eigenvalue weighted by atomic mass is 127. The molecule has 0 bridgehead atoms. The average molecular weight is 481 g/mol. The molecule has 7 heteroatoms. The first-order valence-corrected chi connectivity index (χ1v) is 9.74. The maximum absolute atomic E-state index is 12.2. The highest BCUT2D eigenvalue weighted by Gasteiger charge is 2.09. The zero-order valence-corrected chi connectivity index (χ0v) is 17.3. The van der Waals surface area contributed by atoms with E-state index in [9.17, 15) is 9.59 Å². The minimum atomic E-state index is -0.270. The van der Waals surface area contributed by atoms with E-state index in [1.54, 1.807) is 36.4 Å². The normalized spacial score (nSPS) is 10.1. The van der Waals surface area contributed by atoms with Crippen LogP contribution in [0.5, 0.6) is 0 Å². The van der Waals surface area contributed by atoms with Gasteiger partial charge in [-0.3, -0.25) is 14.9 Å². The SMILES string of the molecule is CCCCNC(=O)c1ccc(NC(=S)NC(=O)c2cccc(I)c2)cc1. The van der Waals surface area contributed by atoms with E-state index in [-0.39, 0.29) is 16.9 Å². The van der Waals surface area contributed by atoms with Gasteiger partial charge in [0.15, 0.2) is 5.11 Å². The Balaban J connectivity index is 1.89. The van der Waals surface area contributed by atoms with Crippen LogP contribution in [0.4, 0.5) is 5.69 Å². The minimum absolute atomic E-state index is 0.0976. The molecule has 0 fully saturated rings. The Bertz CT molecular complexity index is 794. The van der Waals surface area contributed by atoms with Gasteiger partial charge < -0.3 is 10.6 Å². The van der Waals surface area contributed by atoms with Crippen LogP contribution in [-0.2, 0) is 0 Å². The topological polar surface area (TPSA) is 70.2 Å². The molecule has 2 amide bonds. The number of rotatable bonds is 6. The first-order valence-electron chi connectivity index (χ1n) is 8.25. The summed E-state index contributed by atoms with van der Waals surface area (Å²) in [6.07, 6.45) is 1.99.